The van der Waals surface area contributed by atoms with Crippen LogP contribution in [-0.2, 0) is 5.60 Å². The number of aromatic nitrogens is 6. The Kier molecular flexibility index (Phi) is 5.66. The van der Waals surface area contributed by atoms with E-state index < -0.39 is 11.4 Å². The monoisotopic (exact) mass is 466 g/mol. The maximum Gasteiger partial charge on any atom is 0.270 e. The van der Waals surface area contributed by atoms with Crippen molar-refractivity contribution in [2.24, 2.45) is 0 Å². The zero-order valence-electron chi connectivity index (χ0n) is 19.7. The van der Waals surface area contributed by atoms with Crippen molar-refractivity contribution in [3.63, 3.8) is 0 Å². The van der Waals surface area contributed by atoms with Crippen LogP contribution in [0.1, 0.15) is 69.3 Å². The van der Waals surface area contributed by atoms with Gasteiger partial charge in [-0.25, -0.2) is 14.4 Å². The fourth-order valence-electron chi connectivity index (χ4n) is 4.47. The normalized spacial score (nSPS) is 15.7. The molecule has 5 rings (SSSR count). The van der Waals surface area contributed by atoms with Crippen molar-refractivity contribution in [2.75, 3.05) is 7.11 Å². The molecule has 0 N–H and O–H groups in total. The van der Waals surface area contributed by atoms with Crippen LogP contribution in [-0.4, -0.2) is 36.8 Å². The van der Waals surface area contributed by atoms with Gasteiger partial charge in [-0.1, -0.05) is 25.4 Å². The predicted octanol–water partition coefficient (Wildman–Crippen LogP) is 4.99. The lowest BCUT2D eigenvalue weighted by Gasteiger charge is -2.34. The molecule has 178 valence electrons. The van der Waals surface area contributed by atoms with Crippen LogP contribution in [0.3, 0.4) is 0 Å². The van der Waals surface area contributed by atoms with Crippen molar-refractivity contribution in [3.8, 4) is 22.9 Å². The molecule has 4 aromatic heterocycles. The first-order chi connectivity index (χ1) is 16.4. The van der Waals surface area contributed by atoms with Gasteiger partial charge in [-0.2, -0.15) is 14.6 Å². The van der Waals surface area contributed by atoms with Gasteiger partial charge in [0.15, 0.2) is 17.1 Å². The highest BCUT2D eigenvalue weighted by Gasteiger charge is 2.42. The van der Waals surface area contributed by atoms with Crippen molar-refractivity contribution in [2.45, 2.75) is 64.4 Å². The molecule has 0 unspecified atom stereocenters. The molecular formula is C24H27FN6O3. The molecule has 1 saturated carbocycles. The zero-order chi connectivity index (χ0) is 23.9. The van der Waals surface area contributed by atoms with E-state index in [4.69, 9.17) is 14.0 Å². The number of methoxy groups -OCH3 is 1. The number of hydrogen-bond acceptors (Lipinski definition) is 8. The molecule has 1 aliphatic carbocycles. The van der Waals surface area contributed by atoms with Gasteiger partial charge in [-0.3, -0.25) is 0 Å². The lowest BCUT2D eigenvalue weighted by Crippen LogP contribution is -2.36. The Balaban J connectivity index is 1.59. The van der Waals surface area contributed by atoms with Crippen molar-refractivity contribution in [1.29, 1.82) is 0 Å². The zero-order valence-corrected chi connectivity index (χ0v) is 19.7. The van der Waals surface area contributed by atoms with E-state index in [2.05, 4.69) is 25.2 Å². The third-order valence-corrected chi connectivity index (χ3v) is 6.27. The molecule has 0 spiro atoms. The van der Waals surface area contributed by atoms with Crippen LogP contribution in [0.15, 0.2) is 29.0 Å². The molecule has 0 amide bonds. The Morgan fingerprint density at radius 3 is 2.65 bits per heavy atom. The topological polar surface area (TPSA) is 100 Å². The van der Waals surface area contributed by atoms with Crippen molar-refractivity contribution in [1.82, 2.24) is 29.7 Å². The molecule has 0 atom stereocenters. The molecule has 0 radical (unpaired) electrons. The second kappa shape index (κ2) is 8.66. The van der Waals surface area contributed by atoms with E-state index in [0.717, 1.165) is 32.1 Å². The number of nitrogens with zero attached hydrogens (tertiary/aromatic N) is 6. The quantitative estimate of drug-likeness (QED) is 0.392. The summed E-state index contributed by atoms with van der Waals surface area (Å²) >= 11 is 0. The average molecular weight is 467 g/mol. The number of halogens is 1. The van der Waals surface area contributed by atoms with Gasteiger partial charge in [-0.15, -0.1) is 0 Å². The Labute approximate surface area is 196 Å². The van der Waals surface area contributed by atoms with Crippen LogP contribution in [0.25, 0.3) is 16.8 Å². The first kappa shape index (κ1) is 22.2. The van der Waals surface area contributed by atoms with E-state index in [1.54, 1.807) is 23.7 Å². The second-order valence-electron chi connectivity index (χ2n) is 8.95. The minimum atomic E-state index is -0.750. The summed E-state index contributed by atoms with van der Waals surface area (Å²) in [5.74, 6) is 1.50. The first-order valence-corrected chi connectivity index (χ1v) is 11.5. The van der Waals surface area contributed by atoms with Gasteiger partial charge in [-0.05, 0) is 32.6 Å². The van der Waals surface area contributed by atoms with E-state index in [9.17, 15) is 4.39 Å². The van der Waals surface area contributed by atoms with Crippen LogP contribution in [0, 0.1) is 12.7 Å². The van der Waals surface area contributed by atoms with E-state index in [-0.39, 0.29) is 11.8 Å². The molecule has 9 nitrogen and oxygen atoms in total. The fourth-order valence-corrected chi connectivity index (χ4v) is 4.47. The molecule has 1 aliphatic rings. The van der Waals surface area contributed by atoms with Crippen molar-refractivity contribution in [3.05, 3.63) is 47.8 Å². The highest BCUT2D eigenvalue weighted by atomic mass is 19.1. The van der Waals surface area contributed by atoms with Gasteiger partial charge < -0.3 is 14.0 Å². The third-order valence-electron chi connectivity index (χ3n) is 6.27. The maximum atomic E-state index is 14.9. The highest BCUT2D eigenvalue weighted by molar-refractivity contribution is 5.80. The van der Waals surface area contributed by atoms with Crippen molar-refractivity contribution >= 4 is 5.65 Å². The van der Waals surface area contributed by atoms with E-state index in [1.807, 2.05) is 13.8 Å². The Bertz CT molecular complexity index is 1330. The number of rotatable bonds is 6. The fraction of sp³-hybridized carbons (Fsp3) is 0.458. The van der Waals surface area contributed by atoms with E-state index >= 15 is 0 Å². The third kappa shape index (κ3) is 3.76. The largest absolute Gasteiger partial charge is 0.481 e. The summed E-state index contributed by atoms with van der Waals surface area (Å²) in [6.45, 7) is 5.86. The number of hydrogen-bond donors (Lipinski definition) is 0. The highest BCUT2D eigenvalue weighted by Crippen LogP contribution is 2.41. The van der Waals surface area contributed by atoms with Gasteiger partial charge in [0.2, 0.25) is 11.8 Å². The van der Waals surface area contributed by atoms with Crippen molar-refractivity contribution < 1.29 is 18.4 Å². The Morgan fingerprint density at radius 2 is 1.97 bits per heavy atom. The minimum absolute atomic E-state index is 0.148. The molecular weight excluding hydrogens is 439 g/mol. The van der Waals surface area contributed by atoms with Crippen LogP contribution in [0.4, 0.5) is 4.39 Å². The summed E-state index contributed by atoms with van der Waals surface area (Å²) < 4.78 is 33.8. The molecule has 4 aromatic rings. The van der Waals surface area contributed by atoms with Crippen LogP contribution < -0.4 is 9.47 Å². The standard InChI is InChI=1S/C24H27FN6O3/c1-14(2)21-28-23(34-30-21)24(9-6-5-7-10-24)33-19-8-11-26-22-20(15(3)29-31(19)22)16-13-27-18(32-4)12-17(16)25/h8,11-14H,5-7,9-10H2,1-4H3. The molecule has 34 heavy (non-hydrogen) atoms. The van der Waals surface area contributed by atoms with Gasteiger partial charge >= 0.3 is 0 Å². The summed E-state index contributed by atoms with van der Waals surface area (Å²) in [5.41, 5.74) is 1.17. The molecule has 0 saturated heterocycles. The summed E-state index contributed by atoms with van der Waals surface area (Å²) in [7, 11) is 1.45. The summed E-state index contributed by atoms with van der Waals surface area (Å²) in [5, 5.41) is 8.80. The maximum absolute atomic E-state index is 14.9. The van der Waals surface area contributed by atoms with Gasteiger partial charge in [0, 0.05) is 36.0 Å². The number of aryl methyl sites for hydroxylation is 1. The molecule has 10 heteroatoms. The SMILES string of the molecule is COc1cc(F)c(-c2c(C)nn3c(OC4(c5nc(C(C)C)no5)CCCCC4)ccnc23)cn1. The molecule has 0 bridgehead atoms. The van der Waals surface area contributed by atoms with E-state index in [1.165, 1.54) is 19.4 Å². The lowest BCUT2D eigenvalue weighted by atomic mass is 9.84. The van der Waals surface area contributed by atoms with Crippen LogP contribution >= 0.6 is 0 Å². The number of fused-ring (bicyclic) bond motifs is 1. The molecule has 1 fully saturated rings. The summed E-state index contributed by atoms with van der Waals surface area (Å²) in [4.78, 5) is 13.3. The second-order valence-corrected chi connectivity index (χ2v) is 8.95. The summed E-state index contributed by atoms with van der Waals surface area (Å²) in [6.07, 6.45) is 7.66. The first-order valence-electron chi connectivity index (χ1n) is 11.5. The van der Waals surface area contributed by atoms with Crippen LogP contribution in [0.5, 0.6) is 11.8 Å². The van der Waals surface area contributed by atoms with Gasteiger partial charge in [0.1, 0.15) is 5.82 Å². The number of pyridine rings is 1. The summed E-state index contributed by atoms with van der Waals surface area (Å²) in [6, 6.07) is 3.00. The van der Waals surface area contributed by atoms with E-state index in [0.29, 0.717) is 40.1 Å². The predicted molar refractivity (Wildman–Crippen MR) is 121 cm³/mol. The lowest BCUT2D eigenvalue weighted by molar-refractivity contribution is -0.00918. The van der Waals surface area contributed by atoms with Gasteiger partial charge in [0.25, 0.3) is 5.89 Å². The smallest absolute Gasteiger partial charge is 0.270 e. The minimum Gasteiger partial charge on any atom is -0.481 e. The number of ether oxygens (including phenoxy) is 2. The Hall–Kier alpha value is -3.56. The average Bonchev–Trinajstić information content (AvgIpc) is 3.46. The molecule has 4 heterocycles. The molecule has 0 aromatic carbocycles. The van der Waals surface area contributed by atoms with Crippen LogP contribution in [0.2, 0.25) is 0 Å². The molecule has 0 aliphatic heterocycles. The van der Waals surface area contributed by atoms with Gasteiger partial charge in [0.05, 0.1) is 18.4 Å². The Morgan fingerprint density at radius 1 is 1.18 bits per heavy atom.